The van der Waals surface area contributed by atoms with E-state index in [1.54, 1.807) is 25.1 Å². The van der Waals surface area contributed by atoms with E-state index >= 15 is 0 Å². The third kappa shape index (κ3) is 8.88. The Balaban J connectivity index is 0.00000319. The number of carbonyl (C=O) groups excluding carboxylic acids is 3. The summed E-state index contributed by atoms with van der Waals surface area (Å²) in [6, 6.07) is 19.3. The predicted octanol–water partition coefficient (Wildman–Crippen LogP) is 7.59. The fraction of sp³-hybridized carbons (Fsp3) is 0.318. The Bertz CT molecular complexity index is 2010. The normalized spacial score (nSPS) is 14.8. The van der Waals surface area contributed by atoms with E-state index in [4.69, 9.17) is 24.5 Å². The molecule has 54 heavy (non-hydrogen) atoms. The van der Waals surface area contributed by atoms with E-state index in [-0.39, 0.29) is 24.8 Å². The first kappa shape index (κ1) is 42.2. The van der Waals surface area contributed by atoms with Crippen molar-refractivity contribution in [3.05, 3.63) is 124 Å². The number of benzene rings is 3. The van der Waals surface area contributed by atoms with Gasteiger partial charge in [-0.25, -0.2) is 0 Å². The number of aromatic hydroxyl groups is 1. The number of anilines is 2. The number of ether oxygens (including phenoxy) is 2. The minimum absolute atomic E-state index is 0.219. The standard InChI is InChI=1S/C42H47N2O6Si.C2H5.Ni/c1-26(2)20-27(3)29-11-19-37-36(22-29)41(34-17-10-30(21-28(34)4)42(48)44(24-39(46)49-6)25-40(47)50-7)35-18-14-32(23-38(35)51(37,8)9)43(5)31-12-15-33(45)16-13-31;1-2;/h10,12-19,21-23,27,45H,20,24-25H2,1-9H3;1H2,2H3;/q-2;-1;. The summed E-state index contributed by atoms with van der Waals surface area (Å²) in [6.45, 7) is 17.5. The average molecular weight is 792 g/mol. The third-order valence-electron chi connectivity index (χ3n) is 9.99. The van der Waals surface area contributed by atoms with Gasteiger partial charge >= 0.3 is 279 Å². The first-order valence-corrected chi connectivity index (χ1v) is 21.5. The Hall–Kier alpha value is -4.53. The molecule has 10 heteroatoms. The van der Waals surface area contributed by atoms with Crippen LogP contribution in [0.15, 0.2) is 89.2 Å². The summed E-state index contributed by atoms with van der Waals surface area (Å²) < 4.78 is 10.5. The second-order valence-electron chi connectivity index (χ2n) is 14.3. The number of fused-ring (bicyclic) bond motifs is 2. The summed E-state index contributed by atoms with van der Waals surface area (Å²) >= 11 is 5.72. The maximum atomic E-state index is 13.7. The molecular formula is C44H52N2NiO6Si-3. The van der Waals surface area contributed by atoms with Crippen LogP contribution in [0.2, 0.25) is 13.1 Å². The molecule has 3 aromatic rings. The molecule has 0 fully saturated rings. The van der Waals surface area contributed by atoms with Gasteiger partial charge in [-0.05, 0) is 0 Å². The number of aryl methyl sites for hydroxylation is 1. The molecule has 1 aliphatic carbocycles. The monoisotopic (exact) mass is 790 g/mol. The first-order valence-electron chi connectivity index (χ1n) is 18.0. The topological polar surface area (TPSA) is 96.4 Å². The van der Waals surface area contributed by atoms with Crippen LogP contribution in [0.5, 0.6) is 5.75 Å². The number of esters is 2. The quantitative estimate of drug-likeness (QED) is 0.122. The van der Waals surface area contributed by atoms with Crippen LogP contribution in [-0.4, -0.2) is 74.8 Å². The van der Waals surface area contributed by atoms with Gasteiger partial charge in [0, 0.05) is 0 Å². The summed E-state index contributed by atoms with van der Waals surface area (Å²) in [5.74, 6) is 0.0719. The maximum absolute atomic E-state index is 13.7. The molecule has 1 atom stereocenters. The van der Waals surface area contributed by atoms with Crippen LogP contribution in [0, 0.1) is 25.7 Å². The van der Waals surface area contributed by atoms with Crippen molar-refractivity contribution in [1.29, 1.82) is 0 Å². The molecule has 291 valence electrons. The summed E-state index contributed by atoms with van der Waals surface area (Å²) in [4.78, 5) is 41.3. The van der Waals surface area contributed by atoms with Crippen molar-refractivity contribution in [1.82, 2.24) is 4.90 Å². The second kappa shape index (κ2) is 17.7. The van der Waals surface area contributed by atoms with Crippen molar-refractivity contribution in [3.8, 4) is 5.75 Å². The summed E-state index contributed by atoms with van der Waals surface area (Å²) in [6.07, 6.45) is 5.51. The number of hydrogen-bond acceptors (Lipinski definition) is 7. The van der Waals surface area contributed by atoms with E-state index in [1.165, 1.54) is 41.7 Å². The Morgan fingerprint density at radius 2 is 1.46 bits per heavy atom. The molecule has 1 N–H and O–H groups in total. The molecule has 1 heterocycles. The fourth-order valence-corrected chi connectivity index (χ4v) is 10.8. The number of phenolic OH excluding ortho intramolecular Hbond substituents is 1. The smallest absolute Gasteiger partial charge is 0.194 e. The maximum Gasteiger partial charge on any atom is -0.194 e. The molecule has 1 unspecified atom stereocenters. The number of nitrogens with zero attached hydrogens (tertiary/aromatic N) is 2. The van der Waals surface area contributed by atoms with Gasteiger partial charge in [-0.2, -0.15) is 6.92 Å². The SMILES string of the molecule is COC(=O)CN(CC(=O)OC)C(=O)c1ccc(C2=C3C=C(C(C)C[C-](C)C)[C](=[Ni])C=C3[Si-](C)(C)c3cc(N(C)c4ccc(O)cc4)ccc32)c(C)c1.[CH2-]C. The minimum Gasteiger partial charge on any atom is -0.346 e. The molecule has 5 rings (SSSR count). The van der Waals surface area contributed by atoms with Crippen molar-refractivity contribution in [2.75, 3.05) is 39.3 Å². The van der Waals surface area contributed by atoms with Gasteiger partial charge in [0.2, 0.25) is 0 Å². The summed E-state index contributed by atoms with van der Waals surface area (Å²) in [5, 5.41) is 12.4. The molecule has 0 saturated heterocycles. The Kier molecular flexibility index (Phi) is 13.9. The Morgan fingerprint density at radius 1 is 0.889 bits per heavy atom. The molecule has 1 aliphatic heterocycles. The summed E-state index contributed by atoms with van der Waals surface area (Å²) in [5.41, 5.74) is 8.74. The van der Waals surface area contributed by atoms with Crippen LogP contribution in [0.1, 0.15) is 61.2 Å². The third-order valence-corrected chi connectivity index (χ3v) is 13.9. The van der Waals surface area contributed by atoms with Crippen LogP contribution >= 0.6 is 0 Å². The van der Waals surface area contributed by atoms with Crippen molar-refractivity contribution in [2.24, 2.45) is 5.92 Å². The minimum atomic E-state index is -2.32. The first-order chi connectivity index (χ1) is 25.6. The second-order valence-corrected chi connectivity index (χ2v) is 19.2. The number of carbonyl (C=O) groups is 3. The molecule has 0 aromatic heterocycles. The molecule has 0 saturated carbocycles. The van der Waals surface area contributed by atoms with E-state index in [0.29, 0.717) is 5.56 Å². The van der Waals surface area contributed by atoms with Gasteiger partial charge < -0.3 is 21.5 Å². The summed E-state index contributed by atoms with van der Waals surface area (Å²) in [7, 11) is 2.18. The van der Waals surface area contributed by atoms with E-state index in [1.807, 2.05) is 38.2 Å². The van der Waals surface area contributed by atoms with Gasteiger partial charge in [0.15, 0.2) is 0 Å². The molecule has 0 radical (unpaired) electrons. The molecule has 0 spiro atoms. The van der Waals surface area contributed by atoms with Crippen molar-refractivity contribution in [3.63, 3.8) is 0 Å². The molecule has 8 nitrogen and oxygen atoms in total. The van der Waals surface area contributed by atoms with E-state index in [9.17, 15) is 19.5 Å². The zero-order valence-corrected chi connectivity index (χ0v) is 35.0. The Morgan fingerprint density at radius 3 is 2.02 bits per heavy atom. The van der Waals surface area contributed by atoms with Crippen LogP contribution in [-0.2, 0) is 34.1 Å². The predicted molar refractivity (Wildman–Crippen MR) is 217 cm³/mol. The van der Waals surface area contributed by atoms with Gasteiger partial charge in [0.05, 0.1) is 14.2 Å². The number of hydrogen-bond donors (Lipinski definition) is 1. The molecule has 0 bridgehead atoms. The molecule has 3 aromatic carbocycles. The molecule has 2 aliphatic rings. The zero-order chi connectivity index (χ0) is 40.1. The van der Waals surface area contributed by atoms with Gasteiger partial charge in [-0.1, -0.05) is 0 Å². The van der Waals surface area contributed by atoms with Crippen molar-refractivity contribution < 1.29 is 44.0 Å². The Labute approximate surface area is 329 Å². The largest absolute Gasteiger partial charge is 0.346 e. The van der Waals surface area contributed by atoms with E-state index in [0.717, 1.165) is 49.4 Å². The van der Waals surface area contributed by atoms with E-state index in [2.05, 4.69) is 76.0 Å². The van der Waals surface area contributed by atoms with Crippen molar-refractivity contribution >= 4 is 52.5 Å². The van der Waals surface area contributed by atoms with Crippen LogP contribution in [0.25, 0.3) is 5.57 Å². The van der Waals surface area contributed by atoms with Crippen LogP contribution in [0.4, 0.5) is 11.4 Å². The number of rotatable bonds is 11. The van der Waals surface area contributed by atoms with Gasteiger partial charge in [-0.15, -0.1) is 0 Å². The number of amides is 1. The molecule has 1 amide bonds. The zero-order valence-electron chi connectivity index (χ0n) is 33.0. The van der Waals surface area contributed by atoms with E-state index < -0.39 is 25.9 Å². The number of methoxy groups -OCH3 is 2. The number of phenols is 1. The van der Waals surface area contributed by atoms with Crippen LogP contribution < -0.4 is 10.1 Å². The van der Waals surface area contributed by atoms with Gasteiger partial charge in [-0.3, -0.25) is 9.59 Å². The number of allylic oxidation sites excluding steroid dienone is 5. The van der Waals surface area contributed by atoms with Crippen molar-refractivity contribution in [2.45, 2.75) is 54.1 Å². The van der Waals surface area contributed by atoms with Gasteiger partial charge in [0.25, 0.3) is 0 Å². The van der Waals surface area contributed by atoms with Crippen LogP contribution in [0.3, 0.4) is 0 Å². The fourth-order valence-electron chi connectivity index (χ4n) is 7.17. The average Bonchev–Trinajstić information content (AvgIpc) is 3.15. The molecular weight excluding hydrogens is 739 g/mol. The van der Waals surface area contributed by atoms with Gasteiger partial charge in [0.1, 0.15) is 0 Å².